The Morgan fingerprint density at radius 1 is 1.07 bits per heavy atom. The molecule has 0 aliphatic carbocycles. The first-order valence-corrected chi connectivity index (χ1v) is 10.4. The average Bonchev–Trinajstić information content (AvgIpc) is 3.55. The van der Waals surface area contributed by atoms with Gasteiger partial charge in [-0.2, -0.15) is 16.4 Å². The van der Waals surface area contributed by atoms with Crippen LogP contribution in [0, 0.1) is 0 Å². The Balaban J connectivity index is 1.44. The second kappa shape index (κ2) is 7.92. The summed E-state index contributed by atoms with van der Waals surface area (Å²) >= 11 is 1.62. The van der Waals surface area contributed by atoms with E-state index in [0.717, 1.165) is 33.4 Å². The Kier molecular flexibility index (Phi) is 4.82. The molecule has 0 aliphatic heterocycles. The van der Waals surface area contributed by atoms with Crippen molar-refractivity contribution in [3.05, 3.63) is 83.3 Å². The number of carbonyl (C=O) groups excluding carboxylic acids is 1. The predicted molar refractivity (Wildman–Crippen MR) is 117 cm³/mol. The summed E-state index contributed by atoms with van der Waals surface area (Å²) < 4.78 is 1.65. The number of benzene rings is 2. The lowest BCUT2D eigenvalue weighted by molar-refractivity contribution is -0.119. The minimum Gasteiger partial charge on any atom is -0.306 e. The Morgan fingerprint density at radius 3 is 2.70 bits per heavy atom. The number of H-pyrrole nitrogens is 1. The maximum Gasteiger partial charge on any atom is 0.249 e. The smallest absolute Gasteiger partial charge is 0.249 e. The van der Waals surface area contributed by atoms with Crippen LogP contribution in [0.4, 0.5) is 5.69 Å². The van der Waals surface area contributed by atoms with Crippen LogP contribution in [0.2, 0.25) is 0 Å². The molecule has 0 unspecified atom stereocenters. The zero-order valence-electron chi connectivity index (χ0n) is 16.0. The van der Waals surface area contributed by atoms with Gasteiger partial charge in [0.1, 0.15) is 12.1 Å². The van der Waals surface area contributed by atoms with Crippen LogP contribution in [0.5, 0.6) is 0 Å². The van der Waals surface area contributed by atoms with Gasteiger partial charge in [0.05, 0.1) is 18.3 Å². The van der Waals surface area contributed by atoms with Crippen LogP contribution in [0.25, 0.3) is 22.2 Å². The van der Waals surface area contributed by atoms with Gasteiger partial charge in [-0.3, -0.25) is 9.89 Å². The minimum atomic E-state index is -0.0482. The van der Waals surface area contributed by atoms with E-state index in [0.29, 0.717) is 6.54 Å². The molecule has 0 atom stereocenters. The molecule has 30 heavy (non-hydrogen) atoms. The molecular formula is C22H18N6OS. The second-order valence-electron chi connectivity index (χ2n) is 6.88. The molecule has 0 saturated carbocycles. The number of carbonyl (C=O) groups is 1. The number of aromatic amines is 1. The van der Waals surface area contributed by atoms with Crippen molar-refractivity contribution in [3.8, 4) is 11.1 Å². The highest BCUT2D eigenvalue weighted by Gasteiger charge is 2.19. The molecule has 0 bridgehead atoms. The zero-order chi connectivity index (χ0) is 20.3. The minimum absolute atomic E-state index is 0.0482. The number of hydrogen-bond donors (Lipinski definition) is 1. The van der Waals surface area contributed by atoms with Crippen LogP contribution in [0.1, 0.15) is 5.56 Å². The molecule has 5 rings (SSSR count). The Bertz CT molecular complexity index is 1260. The van der Waals surface area contributed by atoms with Crippen LogP contribution >= 0.6 is 11.3 Å². The third-order valence-corrected chi connectivity index (χ3v) is 5.67. The van der Waals surface area contributed by atoms with Gasteiger partial charge in [-0.25, -0.2) is 4.68 Å². The van der Waals surface area contributed by atoms with E-state index in [2.05, 4.69) is 25.9 Å². The summed E-state index contributed by atoms with van der Waals surface area (Å²) in [5, 5.41) is 19.2. The van der Waals surface area contributed by atoms with Gasteiger partial charge in [-0.1, -0.05) is 29.5 Å². The van der Waals surface area contributed by atoms with Crippen molar-refractivity contribution in [2.75, 3.05) is 4.90 Å². The molecule has 0 aliphatic rings. The lowest BCUT2D eigenvalue weighted by atomic mass is 10.1. The first-order chi connectivity index (χ1) is 14.8. The van der Waals surface area contributed by atoms with Gasteiger partial charge in [0.15, 0.2) is 0 Å². The van der Waals surface area contributed by atoms with E-state index in [1.165, 1.54) is 0 Å². The SMILES string of the molecule is O=C(Cn1nnc2ccccc21)N(Cc1ccsc1)c1ccc(-c2cn[nH]c2)cc1. The fourth-order valence-electron chi connectivity index (χ4n) is 3.38. The van der Waals surface area contributed by atoms with Gasteiger partial charge < -0.3 is 4.90 Å². The van der Waals surface area contributed by atoms with E-state index in [9.17, 15) is 4.79 Å². The lowest BCUT2D eigenvalue weighted by Crippen LogP contribution is -2.33. The third-order valence-electron chi connectivity index (χ3n) is 4.94. The highest BCUT2D eigenvalue weighted by atomic mass is 32.1. The van der Waals surface area contributed by atoms with Gasteiger partial charge in [-0.05, 0) is 52.2 Å². The highest BCUT2D eigenvalue weighted by Crippen LogP contribution is 2.25. The summed E-state index contributed by atoms with van der Waals surface area (Å²) in [5.74, 6) is -0.0482. The molecule has 0 radical (unpaired) electrons. The Morgan fingerprint density at radius 2 is 1.93 bits per heavy atom. The van der Waals surface area contributed by atoms with Crippen molar-refractivity contribution in [3.63, 3.8) is 0 Å². The molecule has 7 nitrogen and oxygen atoms in total. The largest absolute Gasteiger partial charge is 0.306 e. The number of rotatable bonds is 6. The summed E-state index contributed by atoms with van der Waals surface area (Å²) in [6.45, 7) is 0.619. The number of fused-ring (bicyclic) bond motifs is 1. The van der Waals surface area contributed by atoms with Crippen molar-refractivity contribution in [2.24, 2.45) is 0 Å². The van der Waals surface area contributed by atoms with Crippen LogP contribution in [-0.2, 0) is 17.9 Å². The summed E-state index contributed by atoms with van der Waals surface area (Å²) in [7, 11) is 0. The number of amides is 1. The zero-order valence-corrected chi connectivity index (χ0v) is 16.8. The molecule has 1 N–H and O–H groups in total. The average molecular weight is 414 g/mol. The second-order valence-corrected chi connectivity index (χ2v) is 7.66. The molecular weight excluding hydrogens is 396 g/mol. The molecule has 148 valence electrons. The van der Waals surface area contributed by atoms with Crippen molar-refractivity contribution in [1.29, 1.82) is 0 Å². The molecule has 0 spiro atoms. The summed E-state index contributed by atoms with van der Waals surface area (Å²) in [6, 6.07) is 17.6. The number of hydrogen-bond acceptors (Lipinski definition) is 5. The molecule has 1 amide bonds. The van der Waals surface area contributed by atoms with Crippen LogP contribution in [0.15, 0.2) is 77.8 Å². The summed E-state index contributed by atoms with van der Waals surface area (Å²) in [5.41, 5.74) is 5.60. The fourth-order valence-corrected chi connectivity index (χ4v) is 4.04. The summed E-state index contributed by atoms with van der Waals surface area (Å²) in [4.78, 5) is 15.1. The lowest BCUT2D eigenvalue weighted by Gasteiger charge is -2.23. The molecule has 3 heterocycles. The van der Waals surface area contributed by atoms with E-state index < -0.39 is 0 Å². The van der Waals surface area contributed by atoms with Crippen molar-refractivity contribution >= 4 is 34.0 Å². The first-order valence-electron chi connectivity index (χ1n) is 9.47. The Labute approximate surface area is 176 Å². The maximum absolute atomic E-state index is 13.3. The van der Waals surface area contributed by atoms with Crippen LogP contribution in [-0.4, -0.2) is 31.1 Å². The van der Waals surface area contributed by atoms with Crippen LogP contribution in [0.3, 0.4) is 0 Å². The maximum atomic E-state index is 13.3. The highest BCUT2D eigenvalue weighted by molar-refractivity contribution is 7.07. The number of aromatic nitrogens is 5. The fraction of sp³-hybridized carbons (Fsp3) is 0.0909. The van der Waals surface area contributed by atoms with Crippen molar-refractivity contribution < 1.29 is 4.79 Å². The van der Waals surface area contributed by atoms with Gasteiger partial charge in [0.25, 0.3) is 0 Å². The monoisotopic (exact) mass is 414 g/mol. The van der Waals surface area contributed by atoms with Gasteiger partial charge >= 0.3 is 0 Å². The molecule has 8 heteroatoms. The third kappa shape index (κ3) is 3.60. The topological polar surface area (TPSA) is 79.7 Å². The normalized spacial score (nSPS) is 11.1. The number of nitrogens with zero attached hydrogens (tertiary/aromatic N) is 5. The predicted octanol–water partition coefficient (Wildman–Crippen LogP) is 4.12. The van der Waals surface area contributed by atoms with E-state index in [1.807, 2.05) is 66.2 Å². The number of nitrogens with one attached hydrogen (secondary N) is 1. The molecule has 0 fully saturated rings. The van der Waals surface area contributed by atoms with Gasteiger partial charge in [0.2, 0.25) is 5.91 Å². The summed E-state index contributed by atoms with van der Waals surface area (Å²) in [6.07, 6.45) is 3.62. The number of para-hydroxylation sites is 1. The van der Waals surface area contributed by atoms with Crippen LogP contribution < -0.4 is 4.90 Å². The van der Waals surface area contributed by atoms with E-state index in [-0.39, 0.29) is 12.5 Å². The molecule has 0 saturated heterocycles. The molecule has 5 aromatic rings. The number of anilines is 1. The number of thiophene rings is 1. The van der Waals surface area contributed by atoms with Gasteiger partial charge in [-0.15, -0.1) is 5.10 Å². The standard InChI is InChI=1S/C22H18N6OS/c29-22(14-28-21-4-2-1-3-20(21)25-26-28)27(13-16-9-10-30-15-16)19-7-5-17(6-8-19)18-11-23-24-12-18/h1-12,15H,13-14H2,(H,23,24). The van der Waals surface area contributed by atoms with E-state index in [4.69, 9.17) is 0 Å². The van der Waals surface area contributed by atoms with Crippen molar-refractivity contribution in [1.82, 2.24) is 25.2 Å². The molecule has 2 aromatic carbocycles. The first kappa shape index (κ1) is 18.3. The quantitative estimate of drug-likeness (QED) is 0.453. The van der Waals surface area contributed by atoms with Gasteiger partial charge in [0, 0.05) is 17.4 Å². The van der Waals surface area contributed by atoms with E-state index >= 15 is 0 Å². The Hall–Kier alpha value is -3.78. The van der Waals surface area contributed by atoms with E-state index in [1.54, 1.807) is 27.1 Å². The van der Waals surface area contributed by atoms with Crippen molar-refractivity contribution in [2.45, 2.75) is 13.1 Å². The molecule has 3 aromatic heterocycles.